The van der Waals surface area contributed by atoms with E-state index in [0.717, 1.165) is 37.8 Å². The summed E-state index contributed by atoms with van der Waals surface area (Å²) in [5.41, 5.74) is 4.85. The van der Waals surface area contributed by atoms with Crippen LogP contribution < -0.4 is 10.5 Å². The lowest BCUT2D eigenvalue weighted by atomic mass is 9.93. The fourth-order valence-electron chi connectivity index (χ4n) is 2.28. The molecule has 1 fully saturated rings. The van der Waals surface area contributed by atoms with E-state index in [9.17, 15) is 13.2 Å². The van der Waals surface area contributed by atoms with E-state index in [1.54, 1.807) is 6.07 Å². The lowest BCUT2D eigenvalue weighted by molar-refractivity contribution is -0.137. The second-order valence-electron chi connectivity index (χ2n) is 4.98. The second kappa shape index (κ2) is 5.71. The molecular formula is C14H15F3N2O. The van der Waals surface area contributed by atoms with E-state index in [-0.39, 0.29) is 23.5 Å². The molecule has 0 radical (unpaired) electrons. The molecule has 0 bridgehead atoms. The maximum absolute atomic E-state index is 12.6. The summed E-state index contributed by atoms with van der Waals surface area (Å²) in [4.78, 5) is 0. The van der Waals surface area contributed by atoms with Gasteiger partial charge in [0.2, 0.25) is 0 Å². The van der Waals surface area contributed by atoms with Crippen LogP contribution in [0.25, 0.3) is 0 Å². The number of halogens is 3. The van der Waals surface area contributed by atoms with Gasteiger partial charge >= 0.3 is 6.18 Å². The quantitative estimate of drug-likeness (QED) is 0.907. The first-order valence-electron chi connectivity index (χ1n) is 6.43. The average molecular weight is 284 g/mol. The largest absolute Gasteiger partial charge is 0.489 e. The molecule has 1 aliphatic carbocycles. The number of nitriles is 1. The monoisotopic (exact) mass is 284 g/mol. The highest BCUT2D eigenvalue weighted by atomic mass is 19.4. The van der Waals surface area contributed by atoms with Gasteiger partial charge in [-0.05, 0) is 43.9 Å². The van der Waals surface area contributed by atoms with Crippen molar-refractivity contribution in [1.82, 2.24) is 0 Å². The van der Waals surface area contributed by atoms with E-state index in [0.29, 0.717) is 0 Å². The molecule has 20 heavy (non-hydrogen) atoms. The van der Waals surface area contributed by atoms with Crippen LogP contribution in [0, 0.1) is 11.3 Å². The first-order valence-corrected chi connectivity index (χ1v) is 6.43. The van der Waals surface area contributed by atoms with E-state index in [1.807, 2.05) is 0 Å². The molecule has 1 aromatic rings. The molecule has 3 nitrogen and oxygen atoms in total. The number of hydrogen-bond donors (Lipinski definition) is 1. The minimum atomic E-state index is -4.46. The number of alkyl halides is 3. The summed E-state index contributed by atoms with van der Waals surface area (Å²) in [5, 5.41) is 8.96. The van der Waals surface area contributed by atoms with Crippen LogP contribution in [0.1, 0.15) is 36.8 Å². The zero-order valence-corrected chi connectivity index (χ0v) is 10.8. The van der Waals surface area contributed by atoms with E-state index >= 15 is 0 Å². The van der Waals surface area contributed by atoms with Crippen molar-refractivity contribution in [1.29, 1.82) is 5.26 Å². The Balaban J connectivity index is 2.14. The van der Waals surface area contributed by atoms with Gasteiger partial charge in [-0.1, -0.05) is 0 Å². The van der Waals surface area contributed by atoms with Gasteiger partial charge < -0.3 is 10.5 Å². The fourth-order valence-corrected chi connectivity index (χ4v) is 2.28. The zero-order chi connectivity index (χ0) is 14.8. The van der Waals surface area contributed by atoms with Crippen molar-refractivity contribution in [3.05, 3.63) is 29.3 Å². The average Bonchev–Trinajstić information content (AvgIpc) is 2.40. The van der Waals surface area contributed by atoms with Crippen molar-refractivity contribution in [2.45, 2.75) is 44.0 Å². The van der Waals surface area contributed by atoms with Gasteiger partial charge in [0.25, 0.3) is 0 Å². The van der Waals surface area contributed by atoms with Gasteiger partial charge in [0.05, 0.1) is 17.2 Å². The molecule has 0 saturated heterocycles. The van der Waals surface area contributed by atoms with Crippen LogP contribution in [0.3, 0.4) is 0 Å². The summed E-state index contributed by atoms with van der Waals surface area (Å²) in [7, 11) is 0. The minimum Gasteiger partial charge on any atom is -0.489 e. The summed E-state index contributed by atoms with van der Waals surface area (Å²) < 4.78 is 43.4. The highest BCUT2D eigenvalue weighted by Gasteiger charge is 2.31. The Labute approximate surface area is 115 Å². The number of hydrogen-bond acceptors (Lipinski definition) is 3. The maximum Gasteiger partial charge on any atom is 0.416 e. The number of rotatable bonds is 2. The number of benzene rings is 1. The normalized spacial score (nSPS) is 23.1. The van der Waals surface area contributed by atoms with Crippen LogP contribution in [0.15, 0.2) is 18.2 Å². The lowest BCUT2D eigenvalue weighted by Crippen LogP contribution is -2.31. The SMILES string of the molecule is N#Cc1cc(C(F)(F)F)ccc1OC1CCC(N)CC1. The van der Waals surface area contributed by atoms with E-state index < -0.39 is 11.7 Å². The van der Waals surface area contributed by atoms with Crippen molar-refractivity contribution >= 4 is 0 Å². The molecule has 1 aromatic carbocycles. The van der Waals surface area contributed by atoms with Gasteiger partial charge in [-0.25, -0.2) is 0 Å². The first-order chi connectivity index (χ1) is 9.40. The predicted molar refractivity (Wildman–Crippen MR) is 67.0 cm³/mol. The standard InChI is InChI=1S/C14H15F3N2O/c15-14(16,17)10-1-6-13(9(7-10)8-18)20-12-4-2-11(19)3-5-12/h1,6-7,11-12H,2-5,19H2. The Bertz CT molecular complexity index is 514. The molecule has 2 N–H and O–H groups in total. The molecule has 0 spiro atoms. The highest BCUT2D eigenvalue weighted by molar-refractivity contribution is 5.46. The molecule has 0 atom stereocenters. The molecule has 0 aromatic heterocycles. The van der Waals surface area contributed by atoms with Crippen LogP contribution in [0.4, 0.5) is 13.2 Å². The van der Waals surface area contributed by atoms with Crippen LogP contribution in [0.5, 0.6) is 5.75 Å². The minimum absolute atomic E-state index is 0.0846. The fraction of sp³-hybridized carbons (Fsp3) is 0.500. The van der Waals surface area contributed by atoms with E-state index in [2.05, 4.69) is 0 Å². The molecule has 1 aliphatic rings. The zero-order valence-electron chi connectivity index (χ0n) is 10.8. The molecule has 6 heteroatoms. The molecule has 0 heterocycles. The Morgan fingerprint density at radius 1 is 1.20 bits per heavy atom. The predicted octanol–water partition coefficient (Wildman–Crippen LogP) is 3.23. The van der Waals surface area contributed by atoms with Crippen LogP contribution in [-0.4, -0.2) is 12.1 Å². The molecule has 0 unspecified atom stereocenters. The Morgan fingerprint density at radius 3 is 2.40 bits per heavy atom. The molecule has 2 rings (SSSR count). The third-order valence-corrected chi connectivity index (χ3v) is 3.44. The molecular weight excluding hydrogens is 269 g/mol. The van der Waals surface area contributed by atoms with Gasteiger partial charge in [0.1, 0.15) is 11.8 Å². The van der Waals surface area contributed by atoms with Crippen LogP contribution in [-0.2, 0) is 6.18 Å². The summed E-state index contributed by atoms with van der Waals surface area (Å²) in [6.07, 6.45) is -1.37. The van der Waals surface area contributed by atoms with E-state index in [4.69, 9.17) is 15.7 Å². The third kappa shape index (κ3) is 3.42. The first kappa shape index (κ1) is 14.7. The number of ether oxygens (including phenoxy) is 1. The summed E-state index contributed by atoms with van der Waals surface area (Å²) in [6, 6.07) is 4.90. The van der Waals surface area contributed by atoms with Crippen molar-refractivity contribution in [3.8, 4) is 11.8 Å². The Kier molecular flexibility index (Phi) is 4.19. The molecule has 0 amide bonds. The van der Waals surface area contributed by atoms with Crippen molar-refractivity contribution in [2.75, 3.05) is 0 Å². The number of nitrogens with two attached hydrogens (primary N) is 1. The lowest BCUT2D eigenvalue weighted by Gasteiger charge is -2.27. The van der Waals surface area contributed by atoms with Crippen molar-refractivity contribution in [3.63, 3.8) is 0 Å². The topological polar surface area (TPSA) is 59.0 Å². The van der Waals surface area contributed by atoms with Gasteiger partial charge in [-0.15, -0.1) is 0 Å². The molecule has 1 saturated carbocycles. The van der Waals surface area contributed by atoms with Crippen molar-refractivity contribution in [2.24, 2.45) is 5.73 Å². The smallest absolute Gasteiger partial charge is 0.416 e. The molecule has 0 aliphatic heterocycles. The summed E-state index contributed by atoms with van der Waals surface area (Å²) in [5.74, 6) is 0.209. The van der Waals surface area contributed by atoms with Crippen molar-refractivity contribution < 1.29 is 17.9 Å². The summed E-state index contributed by atoms with van der Waals surface area (Å²) >= 11 is 0. The van der Waals surface area contributed by atoms with E-state index in [1.165, 1.54) is 6.07 Å². The van der Waals surface area contributed by atoms with Gasteiger partial charge in [-0.3, -0.25) is 0 Å². The third-order valence-electron chi connectivity index (χ3n) is 3.44. The van der Waals surface area contributed by atoms with Crippen LogP contribution in [0.2, 0.25) is 0 Å². The molecule has 108 valence electrons. The Hall–Kier alpha value is -1.74. The summed E-state index contributed by atoms with van der Waals surface area (Å²) in [6.45, 7) is 0. The highest BCUT2D eigenvalue weighted by Crippen LogP contribution is 2.33. The number of nitrogens with zero attached hydrogens (tertiary/aromatic N) is 1. The van der Waals surface area contributed by atoms with Crippen LogP contribution >= 0.6 is 0 Å². The van der Waals surface area contributed by atoms with Gasteiger partial charge in [0.15, 0.2) is 0 Å². The maximum atomic E-state index is 12.6. The second-order valence-corrected chi connectivity index (χ2v) is 4.98. The van der Waals surface area contributed by atoms with Gasteiger partial charge in [-0.2, -0.15) is 18.4 Å². The Morgan fingerprint density at radius 2 is 1.85 bits per heavy atom. The van der Waals surface area contributed by atoms with Gasteiger partial charge in [0, 0.05) is 6.04 Å².